The molecule has 0 unspecified atom stereocenters. The van der Waals surface area contributed by atoms with Crippen molar-refractivity contribution in [3.05, 3.63) is 29.0 Å². The van der Waals surface area contributed by atoms with Crippen LogP contribution >= 0.6 is 11.6 Å². The highest BCUT2D eigenvalue weighted by molar-refractivity contribution is 7.92. The lowest BCUT2D eigenvalue weighted by Crippen LogP contribution is -2.40. The van der Waals surface area contributed by atoms with Crippen molar-refractivity contribution >= 4 is 33.2 Å². The third kappa shape index (κ3) is 5.78. The number of amides is 1. The average Bonchev–Trinajstić information content (AvgIpc) is 2.43. The van der Waals surface area contributed by atoms with E-state index >= 15 is 0 Å². The maximum Gasteiger partial charge on any atom is 0.240 e. The number of nitrogens with one attached hydrogen (secondary N) is 1. The molecule has 0 aliphatic rings. The molecule has 0 heterocycles. The zero-order valence-electron chi connectivity index (χ0n) is 12.3. The number of sulfonamides is 1. The van der Waals surface area contributed by atoms with Gasteiger partial charge in [0.15, 0.2) is 0 Å². The first-order valence-corrected chi connectivity index (χ1v) is 8.66. The fraction of sp³-hybridized carbons (Fsp3) is 0.462. The van der Waals surface area contributed by atoms with Crippen molar-refractivity contribution < 1.29 is 22.3 Å². The Bertz CT molecular complexity index is 624. The number of nitrogens with zero attached hydrogens (tertiary/aromatic N) is 1. The first kappa shape index (κ1) is 18.7. The Morgan fingerprint density at radius 1 is 1.45 bits per heavy atom. The van der Waals surface area contributed by atoms with Gasteiger partial charge in [-0.15, -0.1) is 0 Å². The number of methoxy groups -OCH3 is 1. The van der Waals surface area contributed by atoms with Gasteiger partial charge in [-0.05, 0) is 24.6 Å². The molecule has 0 spiro atoms. The minimum atomic E-state index is -3.71. The summed E-state index contributed by atoms with van der Waals surface area (Å²) >= 11 is 5.65. The predicted molar refractivity (Wildman–Crippen MR) is 83.1 cm³/mol. The second-order valence-corrected chi connectivity index (χ2v) is 6.88. The van der Waals surface area contributed by atoms with E-state index in [1.54, 1.807) is 7.11 Å². The monoisotopic (exact) mass is 352 g/mol. The van der Waals surface area contributed by atoms with Crippen molar-refractivity contribution in [2.75, 3.05) is 37.4 Å². The highest BCUT2D eigenvalue weighted by atomic mass is 35.5. The van der Waals surface area contributed by atoms with Crippen LogP contribution in [0.3, 0.4) is 0 Å². The van der Waals surface area contributed by atoms with Crippen LogP contribution in [0.25, 0.3) is 0 Å². The SMILES string of the molecule is COCCCNC(=O)CN(c1ccc(F)c(Cl)c1)S(C)(=O)=O. The van der Waals surface area contributed by atoms with E-state index in [0.717, 1.165) is 22.7 Å². The summed E-state index contributed by atoms with van der Waals surface area (Å²) in [5.41, 5.74) is 0.126. The Balaban J connectivity index is 2.82. The van der Waals surface area contributed by atoms with Gasteiger partial charge in [0.05, 0.1) is 17.0 Å². The molecule has 1 aromatic carbocycles. The average molecular weight is 353 g/mol. The van der Waals surface area contributed by atoms with Crippen LogP contribution in [0.2, 0.25) is 5.02 Å². The molecule has 0 saturated carbocycles. The molecule has 124 valence electrons. The maximum absolute atomic E-state index is 13.2. The summed E-state index contributed by atoms with van der Waals surface area (Å²) in [5, 5.41) is 2.37. The molecule has 1 N–H and O–H groups in total. The summed E-state index contributed by atoms with van der Waals surface area (Å²) in [4.78, 5) is 11.8. The number of hydrogen-bond donors (Lipinski definition) is 1. The number of rotatable bonds is 8. The van der Waals surface area contributed by atoms with Crippen LogP contribution in [0.5, 0.6) is 0 Å². The smallest absolute Gasteiger partial charge is 0.240 e. The van der Waals surface area contributed by atoms with Gasteiger partial charge in [-0.3, -0.25) is 9.10 Å². The second-order valence-electron chi connectivity index (χ2n) is 4.56. The summed E-state index contributed by atoms with van der Waals surface area (Å²) in [5.74, 6) is -1.13. The Hall–Kier alpha value is -1.38. The molecule has 0 aliphatic heterocycles. The molecule has 0 bridgehead atoms. The van der Waals surface area contributed by atoms with Crippen molar-refractivity contribution in [3.8, 4) is 0 Å². The summed E-state index contributed by atoms with van der Waals surface area (Å²) in [6, 6.07) is 3.46. The summed E-state index contributed by atoms with van der Waals surface area (Å²) in [6.07, 6.45) is 1.58. The fourth-order valence-electron chi connectivity index (χ4n) is 1.67. The van der Waals surface area contributed by atoms with Gasteiger partial charge in [-0.1, -0.05) is 11.6 Å². The van der Waals surface area contributed by atoms with Crippen molar-refractivity contribution in [2.45, 2.75) is 6.42 Å². The van der Waals surface area contributed by atoms with Crippen LogP contribution in [0.1, 0.15) is 6.42 Å². The molecular formula is C13H18ClFN2O4S. The molecule has 6 nitrogen and oxygen atoms in total. The first-order chi connectivity index (χ1) is 10.3. The standard InChI is InChI=1S/C13H18ClFN2O4S/c1-21-7-3-6-16-13(18)9-17(22(2,19)20)10-4-5-12(15)11(14)8-10/h4-5,8H,3,6-7,9H2,1-2H3,(H,16,18). The van der Waals surface area contributed by atoms with E-state index in [1.165, 1.54) is 6.07 Å². The van der Waals surface area contributed by atoms with E-state index < -0.39 is 28.3 Å². The number of carbonyl (C=O) groups excluding carboxylic acids is 1. The number of benzene rings is 1. The van der Waals surface area contributed by atoms with Gasteiger partial charge in [0.2, 0.25) is 15.9 Å². The molecule has 1 amide bonds. The Morgan fingerprint density at radius 2 is 2.14 bits per heavy atom. The summed E-state index contributed by atoms with van der Waals surface area (Å²) in [6.45, 7) is 0.450. The molecule has 9 heteroatoms. The topological polar surface area (TPSA) is 75.7 Å². The van der Waals surface area contributed by atoms with Gasteiger partial charge in [0.1, 0.15) is 12.4 Å². The van der Waals surface area contributed by atoms with Crippen LogP contribution in [-0.4, -0.2) is 47.4 Å². The second kappa shape index (κ2) is 8.30. The van der Waals surface area contributed by atoms with Crippen molar-refractivity contribution in [3.63, 3.8) is 0 Å². The minimum Gasteiger partial charge on any atom is -0.385 e. The lowest BCUT2D eigenvalue weighted by atomic mass is 10.3. The fourth-order valence-corrected chi connectivity index (χ4v) is 2.69. The molecule has 22 heavy (non-hydrogen) atoms. The first-order valence-electron chi connectivity index (χ1n) is 6.44. The van der Waals surface area contributed by atoms with Gasteiger partial charge in [0.25, 0.3) is 0 Å². The van der Waals surface area contributed by atoms with Crippen LogP contribution in [0.15, 0.2) is 18.2 Å². The van der Waals surface area contributed by atoms with Crippen molar-refractivity contribution in [2.24, 2.45) is 0 Å². The molecule has 0 atom stereocenters. The highest BCUT2D eigenvalue weighted by Gasteiger charge is 2.21. The van der Waals surface area contributed by atoms with Gasteiger partial charge < -0.3 is 10.1 Å². The molecule has 0 saturated heterocycles. The number of hydrogen-bond acceptors (Lipinski definition) is 4. The number of ether oxygens (including phenoxy) is 1. The van der Waals surface area contributed by atoms with Crippen molar-refractivity contribution in [1.82, 2.24) is 5.32 Å². The van der Waals surface area contributed by atoms with E-state index in [2.05, 4.69) is 5.32 Å². The lowest BCUT2D eigenvalue weighted by molar-refractivity contribution is -0.119. The Kier molecular flexibility index (Phi) is 7.05. The van der Waals surface area contributed by atoms with Crippen LogP contribution in [0, 0.1) is 5.82 Å². The van der Waals surface area contributed by atoms with Gasteiger partial charge >= 0.3 is 0 Å². The van der Waals surface area contributed by atoms with Crippen molar-refractivity contribution in [1.29, 1.82) is 0 Å². The van der Waals surface area contributed by atoms with E-state index in [9.17, 15) is 17.6 Å². The molecule has 1 aromatic rings. The number of halogens is 2. The minimum absolute atomic E-state index is 0.126. The van der Waals surface area contributed by atoms with Gasteiger partial charge in [-0.25, -0.2) is 12.8 Å². The third-order valence-corrected chi connectivity index (χ3v) is 4.16. The molecule has 0 radical (unpaired) electrons. The molecule has 1 rings (SSSR count). The number of anilines is 1. The Labute approximate surface area is 134 Å². The maximum atomic E-state index is 13.2. The van der Waals surface area contributed by atoms with Gasteiger partial charge in [-0.2, -0.15) is 0 Å². The molecule has 0 aliphatic carbocycles. The quantitative estimate of drug-likeness (QED) is 0.717. The number of carbonyl (C=O) groups is 1. The van der Waals surface area contributed by atoms with Gasteiger partial charge in [0, 0.05) is 20.3 Å². The van der Waals surface area contributed by atoms with Crippen LogP contribution < -0.4 is 9.62 Å². The predicted octanol–water partition coefficient (Wildman–Crippen LogP) is 1.40. The molecular weight excluding hydrogens is 335 g/mol. The zero-order chi connectivity index (χ0) is 16.8. The van der Waals surface area contributed by atoms with Crippen LogP contribution in [0.4, 0.5) is 10.1 Å². The summed E-state index contributed by atoms with van der Waals surface area (Å²) in [7, 11) is -2.16. The highest BCUT2D eigenvalue weighted by Crippen LogP contribution is 2.24. The van der Waals surface area contributed by atoms with E-state index in [-0.39, 0.29) is 10.7 Å². The molecule has 0 fully saturated rings. The zero-order valence-corrected chi connectivity index (χ0v) is 13.9. The largest absolute Gasteiger partial charge is 0.385 e. The van der Waals surface area contributed by atoms with E-state index in [1.807, 2.05) is 0 Å². The third-order valence-electron chi connectivity index (χ3n) is 2.73. The Morgan fingerprint density at radius 3 is 2.68 bits per heavy atom. The normalized spacial score (nSPS) is 11.3. The summed E-state index contributed by atoms with van der Waals surface area (Å²) < 4.78 is 42.5. The van der Waals surface area contributed by atoms with E-state index in [4.69, 9.17) is 16.3 Å². The van der Waals surface area contributed by atoms with E-state index in [0.29, 0.717) is 19.6 Å². The van der Waals surface area contributed by atoms with Crippen LogP contribution in [-0.2, 0) is 19.6 Å². The lowest BCUT2D eigenvalue weighted by Gasteiger charge is -2.22. The molecule has 0 aromatic heterocycles.